The summed E-state index contributed by atoms with van der Waals surface area (Å²) >= 11 is 6.52. The summed E-state index contributed by atoms with van der Waals surface area (Å²) in [6.07, 6.45) is -1.73. The second kappa shape index (κ2) is 12.9. The first-order valence-corrected chi connectivity index (χ1v) is 18.3. The number of halogens is 2. The van der Waals surface area contributed by atoms with Gasteiger partial charge in [0.05, 0.1) is 24.7 Å². The third kappa shape index (κ3) is 7.06. The summed E-state index contributed by atoms with van der Waals surface area (Å²) in [5.74, 6) is -1.94. The van der Waals surface area contributed by atoms with Gasteiger partial charge in [-0.25, -0.2) is 17.8 Å². The molecule has 3 aromatic rings. The number of pyridine rings is 1. The van der Waals surface area contributed by atoms with Gasteiger partial charge in [0.15, 0.2) is 32.5 Å². The maximum Gasteiger partial charge on any atom is 0.345 e. The van der Waals surface area contributed by atoms with E-state index in [2.05, 4.69) is 16.4 Å². The number of hydrogen-bond acceptors (Lipinski definition) is 11. The van der Waals surface area contributed by atoms with Gasteiger partial charge in [-0.05, 0) is 58.4 Å². The van der Waals surface area contributed by atoms with Crippen LogP contribution in [0, 0.1) is 17.1 Å². The molecule has 244 valence electrons. The summed E-state index contributed by atoms with van der Waals surface area (Å²) in [5.41, 5.74) is 0.868. The lowest BCUT2D eigenvalue weighted by Crippen LogP contribution is -2.35. The van der Waals surface area contributed by atoms with E-state index in [1.54, 1.807) is 56.7 Å². The molecule has 0 aliphatic carbocycles. The Bertz CT molecular complexity index is 1750. The van der Waals surface area contributed by atoms with Crippen molar-refractivity contribution in [2.24, 2.45) is 0 Å². The van der Waals surface area contributed by atoms with Crippen molar-refractivity contribution in [2.45, 2.75) is 71.0 Å². The van der Waals surface area contributed by atoms with Crippen LogP contribution in [0.4, 0.5) is 10.1 Å². The fourth-order valence-corrected chi connectivity index (χ4v) is 10.5. The van der Waals surface area contributed by atoms with Crippen LogP contribution < -0.4 is 5.32 Å². The molecule has 0 spiro atoms. The van der Waals surface area contributed by atoms with E-state index < -0.39 is 59.0 Å². The Balaban J connectivity index is 1.49. The van der Waals surface area contributed by atoms with Crippen LogP contribution in [-0.2, 0) is 37.7 Å². The molecule has 1 aromatic carbocycles. The molecule has 2 fully saturated rings. The molecule has 4 heterocycles. The molecule has 0 unspecified atom stereocenters. The van der Waals surface area contributed by atoms with E-state index in [0.717, 1.165) is 5.56 Å². The SMILES string of the molecule is CCOP(=O)(CS(=O)(=O)C[C@H]1O[C@@H](n2ccc3c(N[C@@H](C)c4ccc(F)cc4)c(C#N)c(Cl)nc32)[C@@H]2OC(C)(C)O[C@@H]21)OCC. The number of rotatable bonds is 12. The molecular formula is C29H35ClFN4O8PS. The molecule has 2 saturated heterocycles. The van der Waals surface area contributed by atoms with Crippen LogP contribution in [0.3, 0.4) is 0 Å². The average molecular weight is 685 g/mol. The topological polar surface area (TPSA) is 151 Å². The van der Waals surface area contributed by atoms with Crippen molar-refractivity contribution in [1.29, 1.82) is 5.26 Å². The van der Waals surface area contributed by atoms with Crippen molar-refractivity contribution in [2.75, 3.05) is 29.8 Å². The first-order valence-electron chi connectivity index (χ1n) is 14.4. The van der Waals surface area contributed by atoms with Crippen LogP contribution in [0.2, 0.25) is 5.15 Å². The van der Waals surface area contributed by atoms with Crippen molar-refractivity contribution in [3.63, 3.8) is 0 Å². The van der Waals surface area contributed by atoms with Crippen LogP contribution in [0.25, 0.3) is 11.0 Å². The number of fused-ring (bicyclic) bond motifs is 2. The number of anilines is 1. The van der Waals surface area contributed by atoms with E-state index in [1.807, 2.05) is 6.92 Å². The minimum absolute atomic E-state index is 0.0218. The van der Waals surface area contributed by atoms with Crippen LogP contribution in [-0.4, -0.2) is 66.5 Å². The zero-order chi connectivity index (χ0) is 32.7. The third-order valence-corrected chi connectivity index (χ3v) is 12.7. The number of nitrogens with zero attached hydrogens (tertiary/aromatic N) is 3. The largest absolute Gasteiger partial charge is 0.377 e. The van der Waals surface area contributed by atoms with Gasteiger partial charge < -0.3 is 33.1 Å². The lowest BCUT2D eigenvalue weighted by molar-refractivity contribution is -0.193. The Kier molecular flexibility index (Phi) is 9.67. The summed E-state index contributed by atoms with van der Waals surface area (Å²) in [5, 5.41) is 13.8. The van der Waals surface area contributed by atoms with Gasteiger partial charge in [0.25, 0.3) is 0 Å². The van der Waals surface area contributed by atoms with Gasteiger partial charge in [-0.3, -0.25) is 4.57 Å². The highest BCUT2D eigenvalue weighted by atomic mass is 35.5. The highest BCUT2D eigenvalue weighted by molar-refractivity contribution is 7.97. The molecular weight excluding hydrogens is 650 g/mol. The quantitative estimate of drug-likeness (QED) is 0.179. The van der Waals surface area contributed by atoms with E-state index >= 15 is 0 Å². The predicted octanol–water partition coefficient (Wildman–Crippen LogP) is 5.93. The molecule has 2 aromatic heterocycles. The normalized spacial score (nSPS) is 23.6. The van der Waals surface area contributed by atoms with Crippen molar-refractivity contribution in [3.05, 3.63) is 58.6 Å². The van der Waals surface area contributed by atoms with Crippen molar-refractivity contribution in [3.8, 4) is 6.07 Å². The van der Waals surface area contributed by atoms with Gasteiger partial charge in [-0.1, -0.05) is 23.7 Å². The van der Waals surface area contributed by atoms with E-state index in [1.165, 1.54) is 12.1 Å². The van der Waals surface area contributed by atoms with Crippen LogP contribution in [0.5, 0.6) is 0 Å². The van der Waals surface area contributed by atoms with Gasteiger partial charge in [0.1, 0.15) is 41.4 Å². The van der Waals surface area contributed by atoms with E-state index in [-0.39, 0.29) is 35.8 Å². The highest BCUT2D eigenvalue weighted by Crippen LogP contribution is 2.50. The summed E-state index contributed by atoms with van der Waals surface area (Å²) in [6.45, 7) is 8.54. The monoisotopic (exact) mass is 684 g/mol. The Hall–Kier alpha value is -2.60. The minimum Gasteiger partial charge on any atom is -0.377 e. The second-order valence-corrected chi connectivity index (χ2v) is 16.2. The Morgan fingerprint density at radius 2 is 1.82 bits per heavy atom. The molecule has 45 heavy (non-hydrogen) atoms. The molecule has 1 N–H and O–H groups in total. The lowest BCUT2D eigenvalue weighted by Gasteiger charge is -2.25. The molecule has 5 rings (SSSR count). The summed E-state index contributed by atoms with van der Waals surface area (Å²) in [4.78, 5) is 4.49. The minimum atomic E-state index is -4.03. The number of nitriles is 1. The zero-order valence-corrected chi connectivity index (χ0v) is 27.9. The highest BCUT2D eigenvalue weighted by Gasteiger charge is 2.57. The fraction of sp³-hybridized carbons (Fsp3) is 0.517. The number of benzene rings is 1. The Labute approximate surface area is 266 Å². The number of ether oxygens (including phenoxy) is 3. The van der Waals surface area contributed by atoms with Crippen molar-refractivity contribution in [1.82, 2.24) is 9.55 Å². The molecule has 2 aliphatic heterocycles. The summed E-state index contributed by atoms with van der Waals surface area (Å²) < 4.78 is 83.8. The maximum absolute atomic E-state index is 13.5. The van der Waals surface area contributed by atoms with E-state index in [4.69, 9.17) is 34.9 Å². The first-order chi connectivity index (χ1) is 21.2. The van der Waals surface area contributed by atoms with Crippen molar-refractivity contribution < 1.29 is 40.6 Å². The number of sulfone groups is 1. The number of aromatic nitrogens is 2. The molecule has 0 bridgehead atoms. The summed E-state index contributed by atoms with van der Waals surface area (Å²) in [6, 6.07) is 9.51. The first kappa shape index (κ1) is 33.8. The lowest BCUT2D eigenvalue weighted by atomic mass is 10.1. The molecule has 5 atom stereocenters. The van der Waals surface area contributed by atoms with Gasteiger partial charge >= 0.3 is 7.60 Å². The van der Waals surface area contributed by atoms with Gasteiger partial charge in [0.2, 0.25) is 0 Å². The van der Waals surface area contributed by atoms with Crippen LogP contribution >= 0.6 is 19.2 Å². The zero-order valence-electron chi connectivity index (χ0n) is 25.4. The average Bonchev–Trinajstić information content (AvgIpc) is 3.59. The van der Waals surface area contributed by atoms with Crippen LogP contribution in [0.15, 0.2) is 36.5 Å². The van der Waals surface area contributed by atoms with E-state index in [9.17, 15) is 22.6 Å². The standard InChI is InChI=1S/C29H35ClFN4O8PS/c1-6-39-44(36,40-7-2)16-45(37,38)15-22-24-25(43-29(4,5)42-24)28(41-22)35-13-12-20-23(21(14-32)26(30)34-27(20)35)33-17(3)18-8-10-19(31)11-9-18/h8-13,17,22,24-25,28H,6-7,15-16H2,1-5H3,(H,33,34)/t17-,22+,24+,25+,28+/m0/s1. The maximum atomic E-state index is 13.5. The third-order valence-electron chi connectivity index (χ3n) is 7.48. The smallest absolute Gasteiger partial charge is 0.345 e. The Morgan fingerprint density at radius 3 is 2.44 bits per heavy atom. The molecule has 0 radical (unpaired) electrons. The Morgan fingerprint density at radius 1 is 1.18 bits per heavy atom. The van der Waals surface area contributed by atoms with Gasteiger partial charge in [0, 0.05) is 17.6 Å². The molecule has 0 amide bonds. The molecule has 0 saturated carbocycles. The predicted molar refractivity (Wildman–Crippen MR) is 165 cm³/mol. The van der Waals surface area contributed by atoms with Gasteiger partial charge in [-0.2, -0.15) is 5.26 Å². The van der Waals surface area contributed by atoms with E-state index in [0.29, 0.717) is 16.7 Å². The van der Waals surface area contributed by atoms with Crippen LogP contribution in [0.1, 0.15) is 58.0 Å². The van der Waals surface area contributed by atoms with Gasteiger partial charge in [-0.15, -0.1) is 0 Å². The molecule has 16 heteroatoms. The number of hydrogen-bond donors (Lipinski definition) is 1. The number of nitrogens with one attached hydrogen (secondary N) is 1. The van der Waals surface area contributed by atoms with Crippen molar-refractivity contribution >= 4 is 45.8 Å². The molecule has 12 nitrogen and oxygen atoms in total. The fourth-order valence-electron chi connectivity index (χ4n) is 5.71. The molecule has 2 aliphatic rings. The second-order valence-electron chi connectivity index (χ2n) is 11.3. The summed E-state index contributed by atoms with van der Waals surface area (Å²) in [7, 11) is -7.93.